The first-order valence-electron chi connectivity index (χ1n) is 9.00. The SMILES string of the molecule is CCCCOc1ccc(/C=C/c2ccc3c(Cl)cc(Cl)c(O)c3n2)cc1OC. The van der Waals surface area contributed by atoms with Gasteiger partial charge in [-0.25, -0.2) is 4.98 Å². The molecule has 0 atom stereocenters. The van der Waals surface area contributed by atoms with Crippen molar-refractivity contribution >= 4 is 46.3 Å². The van der Waals surface area contributed by atoms with Crippen LogP contribution in [0.5, 0.6) is 17.2 Å². The number of pyridine rings is 1. The summed E-state index contributed by atoms with van der Waals surface area (Å²) in [5, 5.41) is 11.4. The molecule has 0 radical (unpaired) electrons. The van der Waals surface area contributed by atoms with Gasteiger partial charge in [-0.1, -0.05) is 48.7 Å². The van der Waals surface area contributed by atoms with Gasteiger partial charge in [-0.05, 0) is 48.4 Å². The minimum absolute atomic E-state index is 0.0773. The van der Waals surface area contributed by atoms with Crippen molar-refractivity contribution in [2.75, 3.05) is 13.7 Å². The number of aromatic nitrogens is 1. The normalized spacial score (nSPS) is 11.3. The van der Waals surface area contributed by atoms with E-state index in [2.05, 4.69) is 11.9 Å². The first kappa shape index (κ1) is 20.3. The lowest BCUT2D eigenvalue weighted by atomic mass is 10.1. The molecule has 1 aromatic heterocycles. The van der Waals surface area contributed by atoms with Crippen molar-refractivity contribution in [3.05, 3.63) is 57.7 Å². The van der Waals surface area contributed by atoms with Gasteiger partial charge < -0.3 is 14.6 Å². The lowest BCUT2D eigenvalue weighted by molar-refractivity contribution is 0.288. The Hall–Kier alpha value is -2.43. The van der Waals surface area contributed by atoms with Crippen LogP contribution in [0.25, 0.3) is 23.1 Å². The van der Waals surface area contributed by atoms with Gasteiger partial charge in [0, 0.05) is 5.39 Å². The zero-order valence-electron chi connectivity index (χ0n) is 15.7. The third-order valence-corrected chi connectivity index (χ3v) is 4.87. The summed E-state index contributed by atoms with van der Waals surface area (Å²) in [5.41, 5.74) is 1.98. The quantitative estimate of drug-likeness (QED) is 0.439. The first-order valence-corrected chi connectivity index (χ1v) is 9.75. The lowest BCUT2D eigenvalue weighted by Gasteiger charge is -2.11. The van der Waals surface area contributed by atoms with Gasteiger partial charge in [0.1, 0.15) is 5.52 Å². The van der Waals surface area contributed by atoms with Gasteiger partial charge in [0.25, 0.3) is 0 Å². The number of phenols is 1. The van der Waals surface area contributed by atoms with E-state index in [1.165, 1.54) is 6.07 Å². The zero-order chi connectivity index (χ0) is 20.1. The Kier molecular flexibility index (Phi) is 6.65. The Labute approximate surface area is 174 Å². The number of unbranched alkanes of at least 4 members (excludes halogenated alkanes) is 1. The van der Waals surface area contributed by atoms with Crippen LogP contribution >= 0.6 is 23.2 Å². The summed E-state index contributed by atoms with van der Waals surface area (Å²) in [5.74, 6) is 1.33. The molecule has 1 N–H and O–H groups in total. The number of rotatable bonds is 7. The molecule has 6 heteroatoms. The van der Waals surface area contributed by atoms with Gasteiger partial charge in [-0.2, -0.15) is 0 Å². The van der Waals surface area contributed by atoms with Crippen LogP contribution in [0.4, 0.5) is 0 Å². The molecule has 4 nitrogen and oxygen atoms in total. The van der Waals surface area contributed by atoms with E-state index in [4.69, 9.17) is 32.7 Å². The number of hydrogen-bond donors (Lipinski definition) is 1. The summed E-state index contributed by atoms with van der Waals surface area (Å²) < 4.78 is 11.2. The van der Waals surface area contributed by atoms with Crippen LogP contribution in [-0.2, 0) is 0 Å². The van der Waals surface area contributed by atoms with E-state index >= 15 is 0 Å². The van der Waals surface area contributed by atoms with Crippen LogP contribution in [0.3, 0.4) is 0 Å². The Morgan fingerprint density at radius 2 is 1.86 bits per heavy atom. The number of fused-ring (bicyclic) bond motifs is 1. The molecule has 3 aromatic rings. The second-order valence-electron chi connectivity index (χ2n) is 6.27. The van der Waals surface area contributed by atoms with Crippen LogP contribution in [0, 0.1) is 0 Å². The van der Waals surface area contributed by atoms with Crippen LogP contribution in [0.1, 0.15) is 31.0 Å². The van der Waals surface area contributed by atoms with Crippen molar-refractivity contribution in [1.82, 2.24) is 4.98 Å². The minimum atomic E-state index is -0.0773. The molecule has 146 valence electrons. The highest BCUT2D eigenvalue weighted by Gasteiger charge is 2.11. The summed E-state index contributed by atoms with van der Waals surface area (Å²) in [4.78, 5) is 4.46. The topological polar surface area (TPSA) is 51.6 Å². The monoisotopic (exact) mass is 417 g/mol. The Morgan fingerprint density at radius 3 is 2.61 bits per heavy atom. The molecule has 0 aliphatic heterocycles. The Balaban J connectivity index is 1.86. The lowest BCUT2D eigenvalue weighted by Crippen LogP contribution is -1.98. The average Bonchev–Trinajstić information content (AvgIpc) is 2.71. The van der Waals surface area contributed by atoms with Gasteiger partial charge in [-0.3, -0.25) is 0 Å². The molecule has 0 unspecified atom stereocenters. The minimum Gasteiger partial charge on any atom is -0.504 e. The molecule has 0 fully saturated rings. The highest BCUT2D eigenvalue weighted by atomic mass is 35.5. The predicted octanol–water partition coefficient (Wildman–Crippen LogP) is 6.61. The summed E-state index contributed by atoms with van der Waals surface area (Å²) in [6.45, 7) is 2.79. The number of benzene rings is 2. The summed E-state index contributed by atoms with van der Waals surface area (Å²) in [6.07, 6.45) is 5.84. The maximum absolute atomic E-state index is 10.2. The molecular formula is C22H21Cl2NO3. The highest BCUT2D eigenvalue weighted by Crippen LogP contribution is 2.36. The summed E-state index contributed by atoms with van der Waals surface area (Å²) in [6, 6.07) is 10.9. The molecule has 0 spiro atoms. The number of phenolic OH excluding ortho intramolecular Hbond substituents is 1. The standard InChI is InChI=1S/C22H21Cl2NO3/c1-3-4-11-28-19-10-6-14(12-20(19)27-2)5-7-15-8-9-16-17(23)13-18(24)22(26)21(16)25-15/h5-10,12-13,26H,3-4,11H2,1-2H3/b7-5+. The molecule has 0 saturated carbocycles. The van der Waals surface area contributed by atoms with Crippen LogP contribution < -0.4 is 9.47 Å². The third kappa shape index (κ3) is 4.51. The van der Waals surface area contributed by atoms with E-state index in [1.807, 2.05) is 42.5 Å². The van der Waals surface area contributed by atoms with E-state index in [0.717, 1.165) is 24.2 Å². The van der Waals surface area contributed by atoms with Gasteiger partial charge in [0.2, 0.25) is 0 Å². The molecule has 0 amide bonds. The molecule has 0 bridgehead atoms. The Morgan fingerprint density at radius 1 is 1.04 bits per heavy atom. The van der Waals surface area contributed by atoms with Crippen molar-refractivity contribution < 1.29 is 14.6 Å². The third-order valence-electron chi connectivity index (χ3n) is 4.27. The molecule has 2 aromatic carbocycles. The molecule has 0 aliphatic rings. The Bertz CT molecular complexity index is 1020. The van der Waals surface area contributed by atoms with E-state index < -0.39 is 0 Å². The van der Waals surface area contributed by atoms with Crippen LogP contribution in [0.15, 0.2) is 36.4 Å². The summed E-state index contributed by atoms with van der Waals surface area (Å²) >= 11 is 12.2. The highest BCUT2D eigenvalue weighted by molar-refractivity contribution is 6.39. The van der Waals surface area contributed by atoms with E-state index in [-0.39, 0.29) is 10.8 Å². The van der Waals surface area contributed by atoms with Crippen LogP contribution in [0.2, 0.25) is 10.0 Å². The van der Waals surface area contributed by atoms with Crippen molar-refractivity contribution in [1.29, 1.82) is 0 Å². The largest absolute Gasteiger partial charge is 0.504 e. The van der Waals surface area contributed by atoms with Gasteiger partial charge in [0.15, 0.2) is 17.2 Å². The fourth-order valence-corrected chi connectivity index (χ4v) is 3.24. The second kappa shape index (κ2) is 9.18. The van der Waals surface area contributed by atoms with Crippen molar-refractivity contribution in [3.63, 3.8) is 0 Å². The van der Waals surface area contributed by atoms with Crippen molar-refractivity contribution in [3.8, 4) is 17.2 Å². The number of halogens is 2. The van der Waals surface area contributed by atoms with Crippen molar-refractivity contribution in [2.45, 2.75) is 19.8 Å². The maximum Gasteiger partial charge on any atom is 0.161 e. The number of nitrogens with zero attached hydrogens (tertiary/aromatic N) is 1. The second-order valence-corrected chi connectivity index (χ2v) is 7.08. The van der Waals surface area contributed by atoms with Gasteiger partial charge >= 0.3 is 0 Å². The zero-order valence-corrected chi connectivity index (χ0v) is 17.2. The van der Waals surface area contributed by atoms with Gasteiger partial charge in [0.05, 0.1) is 29.5 Å². The maximum atomic E-state index is 10.2. The smallest absolute Gasteiger partial charge is 0.161 e. The fourth-order valence-electron chi connectivity index (χ4n) is 2.73. The number of methoxy groups -OCH3 is 1. The molecule has 0 aliphatic carbocycles. The molecular weight excluding hydrogens is 397 g/mol. The van der Waals surface area contributed by atoms with E-state index in [1.54, 1.807) is 7.11 Å². The van der Waals surface area contributed by atoms with Crippen LogP contribution in [-0.4, -0.2) is 23.8 Å². The first-order chi connectivity index (χ1) is 13.5. The predicted molar refractivity (Wildman–Crippen MR) is 116 cm³/mol. The number of hydrogen-bond acceptors (Lipinski definition) is 4. The molecule has 28 heavy (non-hydrogen) atoms. The molecule has 0 saturated heterocycles. The molecule has 1 heterocycles. The molecule has 3 rings (SSSR count). The fraction of sp³-hybridized carbons (Fsp3) is 0.227. The summed E-state index contributed by atoms with van der Waals surface area (Å²) in [7, 11) is 1.62. The van der Waals surface area contributed by atoms with Gasteiger partial charge in [-0.15, -0.1) is 0 Å². The average molecular weight is 418 g/mol. The van der Waals surface area contributed by atoms with E-state index in [9.17, 15) is 5.11 Å². The van der Waals surface area contributed by atoms with E-state index in [0.29, 0.717) is 34.0 Å². The number of ether oxygens (including phenoxy) is 2. The number of aromatic hydroxyl groups is 1. The van der Waals surface area contributed by atoms with Crippen molar-refractivity contribution in [2.24, 2.45) is 0 Å².